The Hall–Kier alpha value is -1.47. The fourth-order valence-electron chi connectivity index (χ4n) is 2.01. The number of carbonyl (C=O) groups excluding carboxylic acids is 1. The van der Waals surface area contributed by atoms with E-state index in [1.807, 2.05) is 27.7 Å². The highest BCUT2D eigenvalue weighted by Gasteiger charge is 2.52. The highest BCUT2D eigenvalue weighted by molar-refractivity contribution is 6.62. The lowest BCUT2D eigenvalue weighted by molar-refractivity contribution is -0.114. The summed E-state index contributed by atoms with van der Waals surface area (Å²) >= 11 is 0. The van der Waals surface area contributed by atoms with Crippen LogP contribution in [0.15, 0.2) is 12.1 Å². The van der Waals surface area contributed by atoms with Gasteiger partial charge in [0, 0.05) is 12.4 Å². The SMILES string of the molecule is CC(=O)Nc1c(F)ccc(B2OC(C)(C)C(C)(C)O2)c1F. The van der Waals surface area contributed by atoms with E-state index in [9.17, 15) is 13.6 Å². The Bertz CT molecular complexity index is 574. The molecule has 0 spiro atoms. The Morgan fingerprint density at radius 2 is 1.67 bits per heavy atom. The molecule has 7 heteroatoms. The second-order valence-corrected chi connectivity index (χ2v) is 6.10. The van der Waals surface area contributed by atoms with Crippen LogP contribution in [0.25, 0.3) is 0 Å². The third-order valence-electron chi connectivity index (χ3n) is 3.93. The van der Waals surface area contributed by atoms with Gasteiger partial charge in [-0.2, -0.15) is 0 Å². The molecular weight excluding hydrogens is 279 g/mol. The summed E-state index contributed by atoms with van der Waals surface area (Å²) in [5.41, 5.74) is -1.70. The van der Waals surface area contributed by atoms with Gasteiger partial charge in [0.05, 0.1) is 11.2 Å². The number of rotatable bonds is 2. The van der Waals surface area contributed by atoms with Crippen LogP contribution in [0, 0.1) is 11.6 Å². The first-order chi connectivity index (χ1) is 9.55. The molecule has 114 valence electrons. The fraction of sp³-hybridized carbons (Fsp3) is 0.500. The lowest BCUT2D eigenvalue weighted by Gasteiger charge is -2.32. The van der Waals surface area contributed by atoms with Crippen molar-refractivity contribution in [3.8, 4) is 0 Å². The highest BCUT2D eigenvalue weighted by Crippen LogP contribution is 2.37. The highest BCUT2D eigenvalue weighted by atomic mass is 19.1. The number of amides is 1. The van der Waals surface area contributed by atoms with Gasteiger partial charge in [0.25, 0.3) is 0 Å². The standard InChI is InChI=1S/C14H18BF2NO3/c1-8(19)18-12-10(16)7-6-9(11(12)17)15-20-13(2,3)14(4,5)21-15/h6-7H,1-5H3,(H,18,19). The summed E-state index contributed by atoms with van der Waals surface area (Å²) in [6.45, 7) is 8.53. The van der Waals surface area contributed by atoms with Crippen molar-refractivity contribution in [2.45, 2.75) is 45.8 Å². The van der Waals surface area contributed by atoms with Crippen LogP contribution in [-0.2, 0) is 14.1 Å². The van der Waals surface area contributed by atoms with Gasteiger partial charge in [-0.3, -0.25) is 4.79 Å². The fourth-order valence-corrected chi connectivity index (χ4v) is 2.01. The molecule has 1 fully saturated rings. The van der Waals surface area contributed by atoms with E-state index < -0.39 is 41.5 Å². The second-order valence-electron chi connectivity index (χ2n) is 6.10. The molecule has 21 heavy (non-hydrogen) atoms. The van der Waals surface area contributed by atoms with Crippen molar-refractivity contribution in [3.05, 3.63) is 23.8 Å². The number of benzene rings is 1. The summed E-state index contributed by atoms with van der Waals surface area (Å²) < 4.78 is 39.5. The van der Waals surface area contributed by atoms with Crippen LogP contribution in [0.5, 0.6) is 0 Å². The summed E-state index contributed by atoms with van der Waals surface area (Å²) in [5.74, 6) is -2.29. The van der Waals surface area contributed by atoms with Crippen LogP contribution in [-0.4, -0.2) is 24.2 Å². The van der Waals surface area contributed by atoms with Crippen molar-refractivity contribution >= 4 is 24.2 Å². The van der Waals surface area contributed by atoms with Gasteiger partial charge in [-0.05, 0) is 33.8 Å². The van der Waals surface area contributed by atoms with E-state index in [0.29, 0.717) is 0 Å². The van der Waals surface area contributed by atoms with Gasteiger partial charge >= 0.3 is 7.12 Å². The van der Waals surface area contributed by atoms with Gasteiger partial charge in [-0.1, -0.05) is 6.07 Å². The molecule has 1 aliphatic rings. The summed E-state index contributed by atoms with van der Waals surface area (Å²) in [7, 11) is -0.955. The van der Waals surface area contributed by atoms with Crippen molar-refractivity contribution in [2.24, 2.45) is 0 Å². The molecule has 1 N–H and O–H groups in total. The van der Waals surface area contributed by atoms with Gasteiger partial charge in [-0.15, -0.1) is 0 Å². The number of halogens is 2. The molecular formula is C14H18BF2NO3. The first kappa shape index (κ1) is 15.9. The molecule has 1 saturated heterocycles. The lowest BCUT2D eigenvalue weighted by atomic mass is 9.78. The molecule has 0 radical (unpaired) electrons. The van der Waals surface area contributed by atoms with Gasteiger partial charge in [0.15, 0.2) is 0 Å². The van der Waals surface area contributed by atoms with Gasteiger partial charge < -0.3 is 14.6 Å². The topological polar surface area (TPSA) is 47.6 Å². The Labute approximate surface area is 123 Å². The maximum Gasteiger partial charge on any atom is 0.497 e. The number of nitrogens with one attached hydrogen (secondary N) is 1. The number of carbonyl (C=O) groups is 1. The predicted molar refractivity (Wildman–Crippen MR) is 76.4 cm³/mol. The van der Waals surface area contributed by atoms with E-state index in [4.69, 9.17) is 9.31 Å². The van der Waals surface area contributed by atoms with Crippen LogP contribution < -0.4 is 10.8 Å². The Kier molecular flexibility index (Phi) is 3.84. The van der Waals surface area contributed by atoms with Crippen LogP contribution in [0.3, 0.4) is 0 Å². The molecule has 1 aromatic carbocycles. The molecule has 0 aliphatic carbocycles. The molecule has 0 bridgehead atoms. The summed E-state index contributed by atoms with van der Waals surface area (Å²) in [5, 5.41) is 2.15. The summed E-state index contributed by atoms with van der Waals surface area (Å²) in [6, 6.07) is 2.34. The molecule has 1 aliphatic heterocycles. The second kappa shape index (κ2) is 5.07. The Morgan fingerprint density at radius 3 is 2.14 bits per heavy atom. The van der Waals surface area contributed by atoms with Crippen molar-refractivity contribution < 1.29 is 22.9 Å². The lowest BCUT2D eigenvalue weighted by Crippen LogP contribution is -2.41. The van der Waals surface area contributed by atoms with Gasteiger partial charge in [0.1, 0.15) is 17.3 Å². The number of hydrogen-bond acceptors (Lipinski definition) is 3. The molecule has 4 nitrogen and oxygen atoms in total. The summed E-state index contributed by atoms with van der Waals surface area (Å²) in [4.78, 5) is 11.0. The normalized spacial score (nSPS) is 19.7. The number of anilines is 1. The maximum atomic E-state index is 14.4. The average molecular weight is 297 g/mol. The van der Waals surface area contributed by atoms with Crippen molar-refractivity contribution in [3.63, 3.8) is 0 Å². The molecule has 0 unspecified atom stereocenters. The first-order valence-electron chi connectivity index (χ1n) is 6.66. The van der Waals surface area contributed by atoms with Crippen LogP contribution in [0.4, 0.5) is 14.5 Å². The van der Waals surface area contributed by atoms with E-state index in [1.165, 1.54) is 13.0 Å². The molecule has 0 atom stereocenters. The molecule has 2 rings (SSSR count). The minimum atomic E-state index is -0.955. The monoisotopic (exact) mass is 297 g/mol. The minimum absolute atomic E-state index is 0.0544. The third kappa shape index (κ3) is 2.80. The predicted octanol–water partition coefficient (Wildman–Crippen LogP) is 2.22. The number of hydrogen-bond donors (Lipinski definition) is 1. The van der Waals surface area contributed by atoms with Crippen molar-refractivity contribution in [1.82, 2.24) is 0 Å². The van der Waals surface area contributed by atoms with Crippen molar-refractivity contribution in [2.75, 3.05) is 5.32 Å². The van der Waals surface area contributed by atoms with Crippen LogP contribution >= 0.6 is 0 Å². The smallest absolute Gasteiger partial charge is 0.399 e. The molecule has 1 heterocycles. The Balaban J connectivity index is 2.41. The van der Waals surface area contributed by atoms with Crippen molar-refractivity contribution in [1.29, 1.82) is 0 Å². The maximum absolute atomic E-state index is 14.4. The zero-order valence-electron chi connectivity index (χ0n) is 12.7. The third-order valence-corrected chi connectivity index (χ3v) is 3.93. The molecule has 1 amide bonds. The Morgan fingerprint density at radius 1 is 1.14 bits per heavy atom. The van der Waals surface area contributed by atoms with Crippen LogP contribution in [0.2, 0.25) is 0 Å². The van der Waals surface area contributed by atoms with E-state index in [1.54, 1.807) is 0 Å². The largest absolute Gasteiger partial charge is 0.497 e. The first-order valence-corrected chi connectivity index (χ1v) is 6.66. The average Bonchev–Trinajstić information content (AvgIpc) is 2.53. The quantitative estimate of drug-likeness (QED) is 0.852. The van der Waals surface area contributed by atoms with E-state index in [2.05, 4.69) is 5.32 Å². The zero-order chi connectivity index (χ0) is 16.0. The van der Waals surface area contributed by atoms with Gasteiger partial charge in [0.2, 0.25) is 5.91 Å². The van der Waals surface area contributed by atoms with Gasteiger partial charge in [-0.25, -0.2) is 8.78 Å². The van der Waals surface area contributed by atoms with E-state index in [-0.39, 0.29) is 5.46 Å². The van der Waals surface area contributed by atoms with Crippen LogP contribution in [0.1, 0.15) is 34.6 Å². The van der Waals surface area contributed by atoms with E-state index >= 15 is 0 Å². The summed E-state index contributed by atoms with van der Waals surface area (Å²) in [6.07, 6.45) is 0. The van der Waals surface area contributed by atoms with E-state index in [0.717, 1.165) is 6.07 Å². The molecule has 1 aromatic rings. The zero-order valence-corrected chi connectivity index (χ0v) is 12.7. The molecule has 0 aromatic heterocycles. The minimum Gasteiger partial charge on any atom is -0.399 e. The molecule has 0 saturated carbocycles.